The summed E-state index contributed by atoms with van der Waals surface area (Å²) < 4.78 is 0. The molecule has 2 heteroatoms. The molecule has 17 heavy (non-hydrogen) atoms. The second-order valence-electron chi connectivity index (χ2n) is 4.63. The van der Waals surface area contributed by atoms with E-state index >= 15 is 0 Å². The number of rotatable bonds is 3. The minimum absolute atomic E-state index is 0.985. The molecule has 0 spiro atoms. The highest BCUT2D eigenvalue weighted by molar-refractivity contribution is 7.12. The molecule has 0 radical (unpaired) electrons. The lowest BCUT2D eigenvalue weighted by Gasteiger charge is -2.19. The van der Waals surface area contributed by atoms with Crippen molar-refractivity contribution in [2.45, 2.75) is 27.3 Å². The van der Waals surface area contributed by atoms with Gasteiger partial charge in [0.25, 0.3) is 0 Å². The first-order valence-electron chi connectivity index (χ1n) is 5.90. The number of thiophene rings is 1. The van der Waals surface area contributed by atoms with Gasteiger partial charge in [-0.2, -0.15) is 0 Å². The summed E-state index contributed by atoms with van der Waals surface area (Å²) in [6, 6.07) is 11.0. The fraction of sp³-hybridized carbons (Fsp3) is 0.333. The lowest BCUT2D eigenvalue weighted by atomic mass is 10.2. The molecular weight excluding hydrogens is 226 g/mol. The van der Waals surface area contributed by atoms with Crippen LogP contribution in [-0.2, 0) is 6.54 Å². The third-order valence-corrected chi connectivity index (χ3v) is 4.03. The third-order valence-electron chi connectivity index (χ3n) is 3.03. The molecule has 0 bridgehead atoms. The molecule has 90 valence electrons. The van der Waals surface area contributed by atoms with Gasteiger partial charge in [0, 0.05) is 29.0 Å². The van der Waals surface area contributed by atoms with Crippen LogP contribution in [0.2, 0.25) is 0 Å². The van der Waals surface area contributed by atoms with Crippen molar-refractivity contribution in [3.63, 3.8) is 0 Å². The van der Waals surface area contributed by atoms with Gasteiger partial charge < -0.3 is 4.90 Å². The zero-order chi connectivity index (χ0) is 12.4. The molecule has 0 aliphatic carbocycles. The summed E-state index contributed by atoms with van der Waals surface area (Å²) in [7, 11) is 2.15. The predicted octanol–water partition coefficient (Wildman–Crippen LogP) is 4.31. The standard InChI is InChI=1S/C15H19NS/c1-11-5-7-15(8-6-11)16(4)10-14-9-12(2)17-13(14)3/h5-9H,10H2,1-4H3. The van der Waals surface area contributed by atoms with Gasteiger partial charge in [-0.15, -0.1) is 11.3 Å². The van der Waals surface area contributed by atoms with Crippen molar-refractivity contribution in [2.24, 2.45) is 0 Å². The number of aryl methyl sites for hydroxylation is 3. The zero-order valence-corrected chi connectivity index (χ0v) is 11.8. The van der Waals surface area contributed by atoms with Crippen molar-refractivity contribution in [2.75, 3.05) is 11.9 Å². The largest absolute Gasteiger partial charge is 0.370 e. The van der Waals surface area contributed by atoms with Crippen LogP contribution >= 0.6 is 11.3 Å². The van der Waals surface area contributed by atoms with Gasteiger partial charge in [-0.3, -0.25) is 0 Å². The van der Waals surface area contributed by atoms with Crippen LogP contribution in [0, 0.1) is 20.8 Å². The molecule has 0 saturated heterocycles. The molecule has 0 aliphatic heterocycles. The van der Waals surface area contributed by atoms with E-state index in [0.29, 0.717) is 0 Å². The summed E-state index contributed by atoms with van der Waals surface area (Å²) in [5.41, 5.74) is 4.03. The van der Waals surface area contributed by atoms with Crippen LogP contribution in [0.25, 0.3) is 0 Å². The minimum Gasteiger partial charge on any atom is -0.370 e. The molecule has 1 aromatic heterocycles. The van der Waals surface area contributed by atoms with Crippen molar-refractivity contribution in [3.05, 3.63) is 51.2 Å². The van der Waals surface area contributed by atoms with Gasteiger partial charge in [0.2, 0.25) is 0 Å². The fourth-order valence-electron chi connectivity index (χ4n) is 1.99. The van der Waals surface area contributed by atoms with E-state index in [1.54, 1.807) is 0 Å². The van der Waals surface area contributed by atoms with Crippen LogP contribution in [0.15, 0.2) is 30.3 Å². The molecule has 1 aromatic carbocycles. The van der Waals surface area contributed by atoms with Gasteiger partial charge >= 0.3 is 0 Å². The average molecular weight is 245 g/mol. The van der Waals surface area contributed by atoms with E-state index in [2.05, 4.69) is 63.1 Å². The van der Waals surface area contributed by atoms with Crippen LogP contribution in [0.4, 0.5) is 5.69 Å². The van der Waals surface area contributed by atoms with Gasteiger partial charge in [0.15, 0.2) is 0 Å². The van der Waals surface area contributed by atoms with E-state index in [0.717, 1.165) is 6.54 Å². The Labute approximate surface area is 108 Å². The monoisotopic (exact) mass is 245 g/mol. The summed E-state index contributed by atoms with van der Waals surface area (Å²) in [6.07, 6.45) is 0. The molecule has 0 atom stereocenters. The Bertz CT molecular complexity index is 496. The summed E-state index contributed by atoms with van der Waals surface area (Å²) in [5, 5.41) is 0. The molecular formula is C15H19NS. The highest BCUT2D eigenvalue weighted by Gasteiger charge is 2.06. The summed E-state index contributed by atoms with van der Waals surface area (Å²) >= 11 is 1.88. The Kier molecular flexibility index (Phi) is 3.53. The Morgan fingerprint density at radius 3 is 2.24 bits per heavy atom. The Morgan fingerprint density at radius 1 is 1.06 bits per heavy atom. The maximum absolute atomic E-state index is 2.30. The second kappa shape index (κ2) is 4.92. The first-order valence-corrected chi connectivity index (χ1v) is 6.71. The van der Waals surface area contributed by atoms with Crippen LogP contribution in [-0.4, -0.2) is 7.05 Å². The minimum atomic E-state index is 0.985. The van der Waals surface area contributed by atoms with E-state index in [-0.39, 0.29) is 0 Å². The third kappa shape index (κ3) is 2.89. The van der Waals surface area contributed by atoms with E-state index in [1.807, 2.05) is 11.3 Å². The van der Waals surface area contributed by atoms with Gasteiger partial charge in [-0.25, -0.2) is 0 Å². The van der Waals surface area contributed by atoms with Crippen LogP contribution in [0.1, 0.15) is 20.9 Å². The fourth-order valence-corrected chi connectivity index (χ4v) is 2.93. The molecule has 0 aliphatic rings. The number of anilines is 1. The highest BCUT2D eigenvalue weighted by Crippen LogP contribution is 2.23. The van der Waals surface area contributed by atoms with Crippen molar-refractivity contribution in [3.8, 4) is 0 Å². The Hall–Kier alpha value is -1.28. The SMILES string of the molecule is Cc1ccc(N(C)Cc2cc(C)sc2C)cc1. The lowest BCUT2D eigenvalue weighted by molar-refractivity contribution is 0.920. The normalized spacial score (nSPS) is 10.6. The first-order chi connectivity index (χ1) is 8.06. The van der Waals surface area contributed by atoms with Crippen LogP contribution in [0.3, 0.4) is 0 Å². The summed E-state index contributed by atoms with van der Waals surface area (Å²) in [5.74, 6) is 0. The number of nitrogens with zero attached hydrogens (tertiary/aromatic N) is 1. The molecule has 1 nitrogen and oxygen atoms in total. The topological polar surface area (TPSA) is 3.24 Å². The number of benzene rings is 1. The van der Waals surface area contributed by atoms with Crippen LogP contribution in [0.5, 0.6) is 0 Å². The van der Waals surface area contributed by atoms with E-state index in [4.69, 9.17) is 0 Å². The average Bonchev–Trinajstić information content (AvgIpc) is 2.58. The molecule has 0 fully saturated rings. The van der Waals surface area contributed by atoms with Crippen molar-refractivity contribution in [1.82, 2.24) is 0 Å². The Morgan fingerprint density at radius 2 is 1.71 bits per heavy atom. The molecule has 0 N–H and O–H groups in total. The zero-order valence-electron chi connectivity index (χ0n) is 10.9. The van der Waals surface area contributed by atoms with E-state index in [9.17, 15) is 0 Å². The highest BCUT2D eigenvalue weighted by atomic mass is 32.1. The Balaban J connectivity index is 2.13. The summed E-state index contributed by atoms with van der Waals surface area (Å²) in [4.78, 5) is 5.13. The number of hydrogen-bond donors (Lipinski definition) is 0. The smallest absolute Gasteiger partial charge is 0.0437 e. The molecule has 0 amide bonds. The maximum Gasteiger partial charge on any atom is 0.0437 e. The molecule has 2 rings (SSSR count). The maximum atomic E-state index is 2.30. The molecule has 1 heterocycles. The van der Waals surface area contributed by atoms with Gasteiger partial charge in [0.05, 0.1) is 0 Å². The van der Waals surface area contributed by atoms with Gasteiger partial charge in [-0.1, -0.05) is 17.7 Å². The summed E-state index contributed by atoms with van der Waals surface area (Å²) in [6.45, 7) is 7.48. The van der Waals surface area contributed by atoms with E-state index in [1.165, 1.54) is 26.6 Å². The van der Waals surface area contributed by atoms with Crippen molar-refractivity contribution in [1.29, 1.82) is 0 Å². The predicted molar refractivity (Wildman–Crippen MR) is 77.1 cm³/mol. The van der Waals surface area contributed by atoms with Crippen LogP contribution < -0.4 is 4.90 Å². The first kappa shape index (κ1) is 12.2. The molecule has 0 saturated carbocycles. The van der Waals surface area contributed by atoms with E-state index < -0.39 is 0 Å². The van der Waals surface area contributed by atoms with Gasteiger partial charge in [-0.05, 0) is 44.5 Å². The quantitative estimate of drug-likeness (QED) is 0.779. The second-order valence-corrected chi connectivity index (χ2v) is 6.09. The number of hydrogen-bond acceptors (Lipinski definition) is 2. The van der Waals surface area contributed by atoms with Crippen molar-refractivity contribution < 1.29 is 0 Å². The van der Waals surface area contributed by atoms with Gasteiger partial charge in [0.1, 0.15) is 0 Å². The van der Waals surface area contributed by atoms with Crippen molar-refractivity contribution >= 4 is 17.0 Å². The molecule has 0 unspecified atom stereocenters. The lowest BCUT2D eigenvalue weighted by Crippen LogP contribution is -2.16. The molecule has 2 aromatic rings.